The van der Waals surface area contributed by atoms with Crippen LogP contribution in [0.2, 0.25) is 0 Å². The molecule has 1 unspecified atom stereocenters. The molecule has 0 bridgehead atoms. The van der Waals surface area contributed by atoms with Crippen LogP contribution >= 0.6 is 0 Å². The predicted molar refractivity (Wildman–Crippen MR) is 80.3 cm³/mol. The zero-order valence-electron chi connectivity index (χ0n) is 12.5. The molecule has 1 aliphatic carbocycles. The maximum Gasteiger partial charge on any atom is 0.208 e. The minimum Gasteiger partial charge on any atom is -0.370 e. The highest BCUT2D eigenvalue weighted by Gasteiger charge is 2.40. The van der Waals surface area contributed by atoms with Gasteiger partial charge in [0.1, 0.15) is 0 Å². The Labute approximate surface area is 122 Å². The summed E-state index contributed by atoms with van der Waals surface area (Å²) >= 11 is 0. The standard InChI is InChI=1S/C14H28N2O3S/c1-20(17,18)16-11-5-10-15-12-13-6-9-14(19-13)7-3-2-4-8-14/h13,15-16H,2-12H2,1H3. The van der Waals surface area contributed by atoms with Gasteiger partial charge < -0.3 is 10.1 Å². The fourth-order valence-corrected chi connectivity index (χ4v) is 3.85. The molecule has 2 fully saturated rings. The molecule has 20 heavy (non-hydrogen) atoms. The van der Waals surface area contributed by atoms with Crippen LogP contribution in [0.5, 0.6) is 0 Å². The molecule has 1 atom stereocenters. The van der Waals surface area contributed by atoms with Crippen molar-refractivity contribution in [2.45, 2.75) is 63.1 Å². The van der Waals surface area contributed by atoms with Crippen molar-refractivity contribution in [2.24, 2.45) is 0 Å². The summed E-state index contributed by atoms with van der Waals surface area (Å²) in [4.78, 5) is 0. The van der Waals surface area contributed by atoms with Crippen molar-refractivity contribution in [3.63, 3.8) is 0 Å². The second-order valence-corrected chi connectivity index (χ2v) is 8.08. The number of hydrogen-bond donors (Lipinski definition) is 2. The van der Waals surface area contributed by atoms with E-state index in [1.165, 1.54) is 44.8 Å². The van der Waals surface area contributed by atoms with Crippen molar-refractivity contribution in [3.05, 3.63) is 0 Å². The van der Waals surface area contributed by atoms with E-state index in [2.05, 4.69) is 10.0 Å². The first-order chi connectivity index (χ1) is 9.49. The van der Waals surface area contributed by atoms with Gasteiger partial charge in [-0.1, -0.05) is 19.3 Å². The monoisotopic (exact) mass is 304 g/mol. The molecule has 1 heterocycles. The van der Waals surface area contributed by atoms with Crippen LogP contribution in [0.3, 0.4) is 0 Å². The molecule has 0 aromatic rings. The molecule has 0 aromatic heterocycles. The Hall–Kier alpha value is -0.170. The van der Waals surface area contributed by atoms with Crippen LogP contribution in [0, 0.1) is 0 Å². The second-order valence-electron chi connectivity index (χ2n) is 6.25. The lowest BCUT2D eigenvalue weighted by molar-refractivity contribution is -0.0622. The fraction of sp³-hybridized carbons (Fsp3) is 1.00. The molecular weight excluding hydrogens is 276 g/mol. The van der Waals surface area contributed by atoms with Gasteiger partial charge in [-0.05, 0) is 38.6 Å². The number of nitrogens with one attached hydrogen (secondary N) is 2. The Morgan fingerprint density at radius 1 is 1.15 bits per heavy atom. The molecule has 1 aliphatic heterocycles. The first-order valence-electron chi connectivity index (χ1n) is 7.82. The summed E-state index contributed by atoms with van der Waals surface area (Å²) in [6, 6.07) is 0. The molecule has 118 valence electrons. The molecule has 1 saturated carbocycles. The highest BCUT2D eigenvalue weighted by Crippen LogP contribution is 2.41. The van der Waals surface area contributed by atoms with E-state index in [-0.39, 0.29) is 5.60 Å². The zero-order chi connectivity index (χ0) is 14.5. The Morgan fingerprint density at radius 3 is 2.60 bits per heavy atom. The predicted octanol–water partition coefficient (Wildman–Crippen LogP) is 1.40. The zero-order valence-corrected chi connectivity index (χ0v) is 13.3. The van der Waals surface area contributed by atoms with Crippen LogP contribution < -0.4 is 10.0 Å². The number of hydrogen-bond acceptors (Lipinski definition) is 4. The third-order valence-electron chi connectivity index (χ3n) is 4.37. The van der Waals surface area contributed by atoms with Gasteiger partial charge in [-0.3, -0.25) is 0 Å². The van der Waals surface area contributed by atoms with Crippen molar-refractivity contribution in [1.82, 2.24) is 10.0 Å². The smallest absolute Gasteiger partial charge is 0.208 e. The first kappa shape index (κ1) is 16.2. The van der Waals surface area contributed by atoms with Gasteiger partial charge >= 0.3 is 0 Å². The van der Waals surface area contributed by atoms with Gasteiger partial charge in [0.15, 0.2) is 0 Å². The molecule has 0 aromatic carbocycles. The quantitative estimate of drug-likeness (QED) is 0.698. The Morgan fingerprint density at radius 2 is 1.90 bits per heavy atom. The van der Waals surface area contributed by atoms with E-state index in [0.717, 1.165) is 25.9 Å². The van der Waals surface area contributed by atoms with E-state index in [4.69, 9.17) is 4.74 Å². The highest BCUT2D eigenvalue weighted by atomic mass is 32.2. The summed E-state index contributed by atoms with van der Waals surface area (Å²) in [6.45, 7) is 2.22. The molecule has 2 aliphatic rings. The lowest BCUT2D eigenvalue weighted by atomic mass is 9.83. The summed E-state index contributed by atoms with van der Waals surface area (Å²) in [7, 11) is -3.05. The van der Waals surface area contributed by atoms with Crippen LogP contribution in [0.1, 0.15) is 51.4 Å². The van der Waals surface area contributed by atoms with Crippen molar-refractivity contribution in [1.29, 1.82) is 0 Å². The van der Waals surface area contributed by atoms with Crippen LogP contribution in [0.25, 0.3) is 0 Å². The van der Waals surface area contributed by atoms with Crippen LogP contribution in [0.15, 0.2) is 0 Å². The van der Waals surface area contributed by atoms with Gasteiger partial charge in [0.05, 0.1) is 18.0 Å². The summed E-state index contributed by atoms with van der Waals surface area (Å²) in [6.07, 6.45) is 11.2. The van der Waals surface area contributed by atoms with Crippen molar-refractivity contribution in [3.8, 4) is 0 Å². The van der Waals surface area contributed by atoms with Crippen LogP contribution in [0.4, 0.5) is 0 Å². The Bertz CT molecular complexity index is 391. The van der Waals surface area contributed by atoms with Gasteiger partial charge in [0, 0.05) is 13.1 Å². The number of ether oxygens (including phenoxy) is 1. The molecule has 2 rings (SSSR count). The van der Waals surface area contributed by atoms with Crippen LogP contribution in [-0.2, 0) is 14.8 Å². The van der Waals surface area contributed by atoms with E-state index in [1.54, 1.807) is 0 Å². The van der Waals surface area contributed by atoms with E-state index >= 15 is 0 Å². The maximum atomic E-state index is 10.9. The van der Waals surface area contributed by atoms with Crippen molar-refractivity contribution >= 4 is 10.0 Å². The molecule has 0 radical (unpaired) electrons. The largest absolute Gasteiger partial charge is 0.370 e. The van der Waals surface area contributed by atoms with E-state index in [1.807, 2.05) is 0 Å². The SMILES string of the molecule is CS(=O)(=O)NCCCNCC1CCC2(CCCCC2)O1. The van der Waals surface area contributed by atoms with Gasteiger partial charge in [-0.15, -0.1) is 0 Å². The minimum absolute atomic E-state index is 0.197. The summed E-state index contributed by atoms with van der Waals surface area (Å²) in [5, 5.41) is 3.38. The van der Waals surface area contributed by atoms with E-state index in [9.17, 15) is 8.42 Å². The molecule has 1 saturated heterocycles. The number of rotatable bonds is 7. The van der Waals surface area contributed by atoms with Crippen LogP contribution in [-0.4, -0.2) is 46.0 Å². The van der Waals surface area contributed by atoms with Gasteiger partial charge in [0.25, 0.3) is 0 Å². The molecule has 0 amide bonds. The van der Waals surface area contributed by atoms with E-state index in [0.29, 0.717) is 12.6 Å². The van der Waals surface area contributed by atoms with Gasteiger partial charge in [-0.25, -0.2) is 13.1 Å². The molecule has 5 nitrogen and oxygen atoms in total. The normalized spacial score (nSPS) is 26.1. The highest BCUT2D eigenvalue weighted by molar-refractivity contribution is 7.88. The van der Waals surface area contributed by atoms with Crippen molar-refractivity contribution < 1.29 is 13.2 Å². The maximum absolute atomic E-state index is 10.9. The van der Waals surface area contributed by atoms with Crippen molar-refractivity contribution in [2.75, 3.05) is 25.9 Å². The Balaban J connectivity index is 1.55. The lowest BCUT2D eigenvalue weighted by Crippen LogP contribution is -2.35. The second kappa shape index (κ2) is 7.20. The third kappa shape index (κ3) is 5.31. The average Bonchev–Trinajstić information content (AvgIpc) is 2.76. The lowest BCUT2D eigenvalue weighted by Gasteiger charge is -2.33. The summed E-state index contributed by atoms with van der Waals surface area (Å²) in [5.74, 6) is 0. The molecular formula is C14H28N2O3S. The third-order valence-corrected chi connectivity index (χ3v) is 5.10. The summed E-state index contributed by atoms with van der Waals surface area (Å²) in [5.41, 5.74) is 0.197. The fourth-order valence-electron chi connectivity index (χ4n) is 3.34. The van der Waals surface area contributed by atoms with E-state index < -0.39 is 10.0 Å². The topological polar surface area (TPSA) is 67.4 Å². The van der Waals surface area contributed by atoms with Gasteiger partial charge in [-0.2, -0.15) is 0 Å². The molecule has 6 heteroatoms. The molecule has 1 spiro atoms. The average molecular weight is 304 g/mol. The van der Waals surface area contributed by atoms with Gasteiger partial charge in [0.2, 0.25) is 10.0 Å². The Kier molecular flexibility index (Phi) is 5.84. The minimum atomic E-state index is -3.05. The first-order valence-corrected chi connectivity index (χ1v) is 9.71. The summed E-state index contributed by atoms with van der Waals surface area (Å²) < 4.78 is 30.6. The number of sulfonamides is 1. The molecule has 2 N–H and O–H groups in total.